The van der Waals surface area contributed by atoms with E-state index in [1.54, 1.807) is 33.9 Å². The Hall–Kier alpha value is -2.85. The van der Waals surface area contributed by atoms with E-state index in [2.05, 4.69) is 10.3 Å². The van der Waals surface area contributed by atoms with Crippen LogP contribution >= 0.6 is 8.18 Å². The first kappa shape index (κ1) is 30.4. The van der Waals surface area contributed by atoms with Gasteiger partial charge in [0.05, 0.1) is 16.9 Å². The zero-order valence-electron chi connectivity index (χ0n) is 22.1. The summed E-state index contributed by atoms with van der Waals surface area (Å²) >= 11 is 0. The lowest BCUT2D eigenvalue weighted by Gasteiger charge is -2.24. The second-order valence-corrected chi connectivity index (χ2v) is 10.9. The summed E-state index contributed by atoms with van der Waals surface area (Å²) in [7, 11) is -3.15. The second kappa shape index (κ2) is 13.6. The average Bonchev–Trinajstić information content (AvgIpc) is 3.22. The molecule has 0 aliphatic rings. The summed E-state index contributed by atoms with van der Waals surface area (Å²) in [5.41, 5.74) is 0.870. The summed E-state index contributed by atoms with van der Waals surface area (Å²) in [5, 5.41) is 3.57. The van der Waals surface area contributed by atoms with Crippen molar-refractivity contribution in [2.24, 2.45) is 11.3 Å². The summed E-state index contributed by atoms with van der Waals surface area (Å²) in [5.74, 6) is -1.99. The molecule has 0 radical (unpaired) electrons. The maximum atomic E-state index is 13.4. The molecule has 0 spiro atoms. The molecule has 1 aromatic heterocycles. The smallest absolute Gasteiger partial charge is 0.464 e. The van der Waals surface area contributed by atoms with Gasteiger partial charge in [-0.25, -0.2) is 9.63 Å². The molecule has 0 bridgehead atoms. The number of carbonyl (C=O) groups is 3. The molecule has 37 heavy (non-hydrogen) atoms. The summed E-state index contributed by atoms with van der Waals surface area (Å²) in [6, 6.07) is 5.25. The number of para-hydroxylation sites is 1. The van der Waals surface area contributed by atoms with Crippen molar-refractivity contribution >= 4 is 36.9 Å². The zero-order chi connectivity index (χ0) is 27.8. The lowest BCUT2D eigenvalue weighted by molar-refractivity contribution is -0.207. The van der Waals surface area contributed by atoms with Gasteiger partial charge in [0.1, 0.15) is 6.04 Å². The van der Waals surface area contributed by atoms with Crippen LogP contribution in [0.5, 0.6) is 0 Å². The molecule has 0 aliphatic heterocycles. The summed E-state index contributed by atoms with van der Waals surface area (Å²) < 4.78 is 22.4. The van der Waals surface area contributed by atoms with Crippen LogP contribution in [0.4, 0.5) is 0 Å². The molecule has 1 unspecified atom stereocenters. The Bertz CT molecular complexity index is 1100. The number of amides is 1. The molecule has 2 rings (SSSR count). The van der Waals surface area contributed by atoms with Crippen molar-refractivity contribution in [1.29, 1.82) is 0 Å². The fourth-order valence-electron chi connectivity index (χ4n) is 3.58. The molecule has 3 atom stereocenters. The summed E-state index contributed by atoms with van der Waals surface area (Å²) in [6.45, 7) is 9.73. The Balaban J connectivity index is 2.25. The highest BCUT2D eigenvalue weighted by Crippen LogP contribution is 2.29. The molecule has 11 nitrogen and oxygen atoms in total. The normalized spacial score (nSPS) is 13.9. The Morgan fingerprint density at radius 1 is 1.16 bits per heavy atom. The van der Waals surface area contributed by atoms with Crippen molar-refractivity contribution in [2.45, 2.75) is 66.5 Å². The van der Waals surface area contributed by atoms with Crippen molar-refractivity contribution in [1.82, 2.24) is 15.1 Å². The zero-order valence-corrected chi connectivity index (χ0v) is 23.0. The predicted octanol–water partition coefficient (Wildman–Crippen LogP) is 3.60. The first-order valence-electron chi connectivity index (χ1n) is 12.1. The Kier molecular flexibility index (Phi) is 11.2. The minimum atomic E-state index is -3.15. The minimum Gasteiger partial charge on any atom is -0.464 e. The van der Waals surface area contributed by atoms with E-state index >= 15 is 0 Å². The number of rotatable bonds is 13. The van der Waals surface area contributed by atoms with Crippen LogP contribution in [0.25, 0.3) is 10.9 Å². The van der Waals surface area contributed by atoms with Gasteiger partial charge >= 0.3 is 20.1 Å². The number of aromatic amines is 1. The SMILES string of the molecule is CCOC(=O)[C@H](Cc1c[nH]c2ccccc12)NC(=O)[C@H](CC(C)C)N(OCOC(=O)C(C)(C)C)[P+](=O)O. The van der Waals surface area contributed by atoms with Crippen LogP contribution in [-0.2, 0) is 39.7 Å². The topological polar surface area (TPSA) is 147 Å². The molecule has 12 heteroatoms. The highest BCUT2D eigenvalue weighted by Gasteiger charge is 2.43. The van der Waals surface area contributed by atoms with Gasteiger partial charge in [-0.15, -0.1) is 4.89 Å². The molecule has 0 fully saturated rings. The third-order valence-corrected chi connectivity index (χ3v) is 6.14. The van der Waals surface area contributed by atoms with Crippen molar-refractivity contribution in [3.63, 3.8) is 0 Å². The Morgan fingerprint density at radius 2 is 1.84 bits per heavy atom. The van der Waals surface area contributed by atoms with Crippen molar-refractivity contribution in [3.05, 3.63) is 36.0 Å². The standard InChI is InChI=1S/C25H36N3O8P/c1-7-34-23(30)20(13-17-14-26-19-11-9-8-10-18(17)19)27-22(29)21(12-16(2)3)28(37(32)33)36-15-35-24(31)25(4,5)6/h8-11,14,16,20-21,26H,7,12-13,15H2,1-6H3,(H-,27,29,32,33)/p+1/t20-,21-/m0/s1. The van der Waals surface area contributed by atoms with E-state index in [0.717, 1.165) is 16.5 Å². The van der Waals surface area contributed by atoms with Gasteiger partial charge in [0.15, 0.2) is 6.04 Å². The van der Waals surface area contributed by atoms with E-state index in [-0.39, 0.29) is 25.4 Å². The molecule has 1 heterocycles. The van der Waals surface area contributed by atoms with Gasteiger partial charge in [0, 0.05) is 23.5 Å². The number of carbonyl (C=O) groups excluding carboxylic acids is 3. The highest BCUT2D eigenvalue weighted by atomic mass is 31.1. The number of aromatic nitrogens is 1. The van der Waals surface area contributed by atoms with Crippen LogP contribution in [0.3, 0.4) is 0 Å². The van der Waals surface area contributed by atoms with Gasteiger partial charge in [0.25, 0.3) is 0 Å². The highest BCUT2D eigenvalue weighted by molar-refractivity contribution is 7.35. The molecular weight excluding hydrogens is 501 g/mol. The van der Waals surface area contributed by atoms with E-state index in [4.69, 9.17) is 14.3 Å². The number of H-pyrrole nitrogens is 1. The number of benzene rings is 1. The van der Waals surface area contributed by atoms with Crippen LogP contribution < -0.4 is 5.32 Å². The van der Waals surface area contributed by atoms with Crippen molar-refractivity contribution in [3.8, 4) is 0 Å². The largest absolute Gasteiger partial charge is 0.640 e. The summed E-state index contributed by atoms with van der Waals surface area (Å²) in [4.78, 5) is 57.1. The third-order valence-electron chi connectivity index (χ3n) is 5.41. The maximum absolute atomic E-state index is 13.4. The monoisotopic (exact) mass is 538 g/mol. The molecule has 0 saturated heterocycles. The Labute approximate surface area is 217 Å². The van der Waals surface area contributed by atoms with E-state index in [9.17, 15) is 23.8 Å². The van der Waals surface area contributed by atoms with Gasteiger partial charge in [-0.2, -0.15) is 0 Å². The molecule has 204 valence electrons. The first-order chi connectivity index (χ1) is 17.3. The van der Waals surface area contributed by atoms with Crippen LogP contribution in [-0.4, -0.2) is 58.0 Å². The van der Waals surface area contributed by atoms with E-state index in [1.165, 1.54) is 0 Å². The molecule has 0 saturated carbocycles. The van der Waals surface area contributed by atoms with Crippen molar-refractivity contribution < 1.29 is 38.2 Å². The lowest BCUT2D eigenvalue weighted by atomic mass is 9.98. The number of fused-ring (bicyclic) bond motifs is 1. The summed E-state index contributed by atoms with van der Waals surface area (Å²) in [6.07, 6.45) is 2.03. The number of nitrogens with zero attached hydrogens (tertiary/aromatic N) is 1. The number of nitrogens with one attached hydrogen (secondary N) is 2. The fourth-order valence-corrected chi connectivity index (χ4v) is 4.16. The van der Waals surface area contributed by atoms with Crippen LogP contribution in [0.1, 0.15) is 53.5 Å². The van der Waals surface area contributed by atoms with Gasteiger partial charge in [-0.3, -0.25) is 9.59 Å². The van der Waals surface area contributed by atoms with Crippen molar-refractivity contribution in [2.75, 3.05) is 13.4 Å². The van der Waals surface area contributed by atoms with Gasteiger partial charge < -0.3 is 19.8 Å². The second-order valence-electron chi connectivity index (χ2n) is 10.0. The molecule has 2 aromatic rings. The first-order valence-corrected chi connectivity index (χ1v) is 13.3. The molecule has 0 aliphatic carbocycles. The van der Waals surface area contributed by atoms with Gasteiger partial charge in [0.2, 0.25) is 12.7 Å². The van der Waals surface area contributed by atoms with Crippen LogP contribution in [0.2, 0.25) is 0 Å². The lowest BCUT2D eigenvalue weighted by Crippen LogP contribution is -2.51. The fraction of sp³-hybridized carbons (Fsp3) is 0.560. The quantitative estimate of drug-likeness (QED) is 0.151. The predicted molar refractivity (Wildman–Crippen MR) is 137 cm³/mol. The molecular formula is C25H37N3O8P+. The average molecular weight is 539 g/mol. The van der Waals surface area contributed by atoms with Crippen LogP contribution in [0, 0.1) is 11.3 Å². The number of hydroxylamine groups is 1. The molecule has 3 N–H and O–H groups in total. The number of ether oxygens (including phenoxy) is 2. The number of esters is 2. The maximum Gasteiger partial charge on any atom is 0.640 e. The van der Waals surface area contributed by atoms with Gasteiger partial charge in [-0.1, -0.05) is 32.0 Å². The van der Waals surface area contributed by atoms with E-state index < -0.39 is 50.3 Å². The number of hydrogen-bond donors (Lipinski definition) is 3. The minimum absolute atomic E-state index is 0.0800. The van der Waals surface area contributed by atoms with Gasteiger partial charge in [-0.05, 0) is 56.2 Å². The Morgan fingerprint density at radius 3 is 2.43 bits per heavy atom. The van der Waals surface area contributed by atoms with Crippen LogP contribution in [0.15, 0.2) is 30.5 Å². The van der Waals surface area contributed by atoms with E-state index in [0.29, 0.717) is 4.83 Å². The third kappa shape index (κ3) is 8.89. The molecule has 1 amide bonds. The van der Waals surface area contributed by atoms with E-state index in [1.807, 2.05) is 38.1 Å². The molecule has 1 aromatic carbocycles. The number of hydrogen-bond acceptors (Lipinski definition) is 7.